The highest BCUT2D eigenvalue weighted by atomic mass is 35.5. The third kappa shape index (κ3) is 5.37. The smallest absolute Gasteiger partial charge is 0.528 e. The third-order valence-corrected chi connectivity index (χ3v) is 5.27. The van der Waals surface area contributed by atoms with Gasteiger partial charge in [-0.05, 0) is 62.1 Å². The molecule has 2 aliphatic rings. The van der Waals surface area contributed by atoms with Crippen LogP contribution in [0.3, 0.4) is 0 Å². The van der Waals surface area contributed by atoms with Gasteiger partial charge in [0.2, 0.25) is 0 Å². The summed E-state index contributed by atoms with van der Waals surface area (Å²) in [6.07, 6.45) is 4.05. The molecule has 4 rings (SSSR count). The maximum atomic E-state index is 12.1. The third-order valence-electron chi connectivity index (χ3n) is 4.65. The molecule has 0 radical (unpaired) electrons. The molecule has 0 saturated heterocycles. The minimum absolute atomic E-state index is 0.0755. The van der Waals surface area contributed by atoms with Crippen LogP contribution < -0.4 is 19.9 Å². The minimum atomic E-state index is -0.180. The Morgan fingerprint density at radius 1 is 0.793 bits per heavy atom. The first-order valence-corrected chi connectivity index (χ1v) is 10.2. The first kappa shape index (κ1) is 19.9. The van der Waals surface area contributed by atoms with Crippen LogP contribution in [0.15, 0.2) is 36.4 Å². The van der Waals surface area contributed by atoms with Crippen LogP contribution in [-0.4, -0.2) is 31.6 Å². The topological polar surface area (TPSA) is 76.7 Å². The van der Waals surface area contributed by atoms with E-state index in [1.54, 1.807) is 36.4 Å². The highest BCUT2D eigenvalue weighted by Crippen LogP contribution is 2.26. The van der Waals surface area contributed by atoms with Crippen LogP contribution in [0.2, 0.25) is 10.0 Å². The van der Waals surface area contributed by atoms with Gasteiger partial charge in [0.1, 0.15) is 11.5 Å². The van der Waals surface area contributed by atoms with E-state index in [1.807, 2.05) is 0 Å². The van der Waals surface area contributed by atoms with Crippen molar-refractivity contribution in [1.29, 1.82) is 0 Å². The van der Waals surface area contributed by atoms with Crippen molar-refractivity contribution in [1.82, 2.24) is 10.6 Å². The van der Waals surface area contributed by atoms with Crippen molar-refractivity contribution in [2.24, 2.45) is 0 Å². The lowest BCUT2D eigenvalue weighted by atomic mass is 10.2. The van der Waals surface area contributed by atoms with Crippen molar-refractivity contribution in [3.05, 3.63) is 57.6 Å². The molecule has 0 bridgehead atoms. The summed E-state index contributed by atoms with van der Waals surface area (Å²) in [5.41, 5.74) is 0.831. The van der Waals surface area contributed by atoms with E-state index in [2.05, 4.69) is 10.6 Å². The summed E-state index contributed by atoms with van der Waals surface area (Å²) in [6, 6.07) is 10.3. The van der Waals surface area contributed by atoms with E-state index in [0.717, 1.165) is 25.7 Å². The van der Waals surface area contributed by atoms with E-state index in [-0.39, 0.29) is 31.6 Å². The molecule has 2 amide bonds. The fourth-order valence-electron chi connectivity index (χ4n) is 2.69. The van der Waals surface area contributed by atoms with Crippen LogP contribution in [0.5, 0.6) is 11.5 Å². The first-order chi connectivity index (χ1) is 14.0. The summed E-state index contributed by atoms with van der Waals surface area (Å²) >= 11 is 12.4. The number of halogens is 2. The largest absolute Gasteiger partial charge is 0.576 e. The number of amides is 2. The van der Waals surface area contributed by atoms with Gasteiger partial charge in [0, 0.05) is 12.1 Å². The lowest BCUT2D eigenvalue weighted by molar-refractivity contribution is 0.0942. The van der Waals surface area contributed by atoms with Gasteiger partial charge in [-0.1, -0.05) is 23.2 Å². The van der Waals surface area contributed by atoms with Crippen LogP contribution >= 0.6 is 23.2 Å². The van der Waals surface area contributed by atoms with Crippen LogP contribution in [0.1, 0.15) is 46.4 Å². The van der Waals surface area contributed by atoms with E-state index in [9.17, 15) is 9.59 Å². The molecule has 2 aromatic carbocycles. The van der Waals surface area contributed by atoms with E-state index >= 15 is 0 Å². The fraction of sp³-hybridized carbons (Fsp3) is 0.300. The Labute approximate surface area is 179 Å². The predicted molar refractivity (Wildman–Crippen MR) is 112 cm³/mol. The summed E-state index contributed by atoms with van der Waals surface area (Å²) in [4.78, 5) is 24.2. The molecule has 9 heteroatoms. The quantitative estimate of drug-likeness (QED) is 0.626. The second kappa shape index (κ2) is 8.55. The Bertz CT molecular complexity index is 873. The number of carbonyl (C=O) groups is 2. The average Bonchev–Trinajstić information content (AvgIpc) is 3.59. The van der Waals surface area contributed by atoms with E-state index < -0.39 is 0 Å². The molecule has 2 N–H and O–H groups in total. The summed E-state index contributed by atoms with van der Waals surface area (Å²) in [5.74, 6) is 0.593. The SMILES string of the molecule is O=C(NC1CC1)c1ccc(OBOc2ccc(C(=O)NC3CC3)c(Cl)c2)cc1Cl. The molecular formula is C20H19BCl2N2O4. The highest BCUT2D eigenvalue weighted by Gasteiger charge is 2.25. The Balaban J connectivity index is 1.30. The van der Waals surface area contributed by atoms with Gasteiger partial charge in [0.15, 0.2) is 0 Å². The van der Waals surface area contributed by atoms with Crippen LogP contribution in [0.25, 0.3) is 0 Å². The summed E-state index contributed by atoms with van der Waals surface area (Å²) in [5, 5.41) is 6.42. The molecule has 6 nitrogen and oxygen atoms in total. The standard InChI is InChI=1S/C20H19BCl2N2O4/c22-17-9-13(5-7-15(17)19(26)24-11-1-2-11)28-21-29-14-6-8-16(18(23)10-14)20(27)25-12-3-4-12/h5-12,21H,1-4H2,(H,24,26)(H,25,27). The summed E-state index contributed by atoms with van der Waals surface area (Å²) in [6.45, 7) is 0. The van der Waals surface area contributed by atoms with Gasteiger partial charge in [-0.3, -0.25) is 9.59 Å². The zero-order valence-corrected chi connectivity index (χ0v) is 17.1. The van der Waals surface area contributed by atoms with Gasteiger partial charge in [-0.15, -0.1) is 0 Å². The second-order valence-electron chi connectivity index (χ2n) is 7.19. The Kier molecular flexibility index (Phi) is 5.87. The fourth-order valence-corrected chi connectivity index (χ4v) is 3.20. The maximum Gasteiger partial charge on any atom is 0.576 e. The number of rotatable bonds is 8. The van der Waals surface area contributed by atoms with E-state index in [0.29, 0.717) is 32.7 Å². The van der Waals surface area contributed by atoms with Gasteiger partial charge in [0.25, 0.3) is 11.8 Å². The molecule has 2 fully saturated rings. The molecule has 2 aromatic rings. The molecule has 29 heavy (non-hydrogen) atoms. The molecule has 0 atom stereocenters. The van der Waals surface area contributed by atoms with E-state index in [4.69, 9.17) is 32.5 Å². The van der Waals surface area contributed by atoms with Gasteiger partial charge in [0.05, 0.1) is 21.2 Å². The maximum absolute atomic E-state index is 12.1. The molecule has 0 unspecified atom stereocenters. The Hall–Kier alpha value is -2.38. The van der Waals surface area contributed by atoms with Crippen molar-refractivity contribution in [3.63, 3.8) is 0 Å². The normalized spacial score (nSPS) is 15.4. The molecular weight excluding hydrogens is 414 g/mol. The zero-order valence-electron chi connectivity index (χ0n) is 15.5. The molecule has 0 aliphatic heterocycles. The van der Waals surface area contributed by atoms with Gasteiger partial charge < -0.3 is 19.9 Å². The number of carbonyl (C=O) groups excluding carboxylic acids is 2. The predicted octanol–water partition coefficient (Wildman–Crippen LogP) is 3.50. The highest BCUT2D eigenvalue weighted by molar-refractivity contribution is 6.34. The first-order valence-electron chi connectivity index (χ1n) is 9.46. The lowest BCUT2D eigenvalue weighted by Gasteiger charge is -2.11. The molecule has 2 saturated carbocycles. The zero-order chi connectivity index (χ0) is 20.4. The van der Waals surface area contributed by atoms with Gasteiger partial charge in [-0.2, -0.15) is 0 Å². The number of hydrogen-bond acceptors (Lipinski definition) is 4. The molecule has 0 heterocycles. The van der Waals surface area contributed by atoms with Crippen molar-refractivity contribution in [3.8, 4) is 11.5 Å². The summed E-state index contributed by atoms with van der Waals surface area (Å²) in [7, 11) is -0.0755. The van der Waals surface area contributed by atoms with Crippen molar-refractivity contribution in [2.75, 3.05) is 0 Å². The van der Waals surface area contributed by atoms with E-state index in [1.165, 1.54) is 0 Å². The minimum Gasteiger partial charge on any atom is -0.528 e. The molecule has 2 aliphatic carbocycles. The van der Waals surface area contributed by atoms with Crippen LogP contribution in [0, 0.1) is 0 Å². The Morgan fingerprint density at radius 2 is 1.21 bits per heavy atom. The average molecular weight is 433 g/mol. The van der Waals surface area contributed by atoms with Gasteiger partial charge in [-0.25, -0.2) is 0 Å². The molecule has 150 valence electrons. The van der Waals surface area contributed by atoms with Crippen LogP contribution in [-0.2, 0) is 0 Å². The summed E-state index contributed by atoms with van der Waals surface area (Å²) < 4.78 is 11.1. The number of nitrogens with one attached hydrogen (secondary N) is 2. The van der Waals surface area contributed by atoms with Crippen LogP contribution in [0.4, 0.5) is 0 Å². The molecule has 0 aromatic heterocycles. The van der Waals surface area contributed by atoms with Crippen molar-refractivity contribution < 1.29 is 18.9 Å². The van der Waals surface area contributed by atoms with Gasteiger partial charge >= 0.3 is 7.69 Å². The monoisotopic (exact) mass is 432 g/mol. The number of hydrogen-bond donors (Lipinski definition) is 2. The number of benzene rings is 2. The second-order valence-corrected chi connectivity index (χ2v) is 8.00. The van der Waals surface area contributed by atoms with Crippen molar-refractivity contribution >= 4 is 42.7 Å². The lowest BCUT2D eigenvalue weighted by Crippen LogP contribution is -2.25. The molecule has 0 spiro atoms. The van der Waals surface area contributed by atoms with Crippen molar-refractivity contribution in [2.45, 2.75) is 37.8 Å². The Morgan fingerprint density at radius 3 is 1.55 bits per heavy atom.